The third-order valence-electron chi connectivity index (χ3n) is 2.78. The predicted molar refractivity (Wildman–Crippen MR) is 65.2 cm³/mol. The quantitative estimate of drug-likeness (QED) is 0.833. The lowest BCUT2D eigenvalue weighted by molar-refractivity contribution is -0.137. The van der Waals surface area contributed by atoms with Crippen LogP contribution in [0.3, 0.4) is 0 Å². The molecule has 0 saturated heterocycles. The molecule has 20 heavy (non-hydrogen) atoms. The molecule has 0 atom stereocenters. The van der Waals surface area contributed by atoms with Crippen LogP contribution >= 0.6 is 0 Å². The van der Waals surface area contributed by atoms with Gasteiger partial charge in [-0.3, -0.25) is 0 Å². The number of halogens is 4. The Balaban J connectivity index is 2.60. The molecule has 1 aromatic carbocycles. The zero-order valence-corrected chi connectivity index (χ0v) is 10.4. The Morgan fingerprint density at radius 1 is 1.30 bits per heavy atom. The van der Waals surface area contributed by atoms with E-state index in [9.17, 15) is 22.7 Å². The highest BCUT2D eigenvalue weighted by molar-refractivity contribution is 5.81. The SMILES string of the molecule is CNc1oc(CF)c(O)c1-c1cccc(C(F)(F)F)c1. The van der Waals surface area contributed by atoms with Crippen LogP contribution in [0.5, 0.6) is 5.75 Å². The van der Waals surface area contributed by atoms with Crippen molar-refractivity contribution in [3.05, 3.63) is 35.6 Å². The van der Waals surface area contributed by atoms with Crippen LogP contribution in [0.1, 0.15) is 11.3 Å². The van der Waals surface area contributed by atoms with Crippen molar-refractivity contribution in [1.82, 2.24) is 0 Å². The highest BCUT2D eigenvalue weighted by Crippen LogP contribution is 2.43. The van der Waals surface area contributed by atoms with Gasteiger partial charge in [-0.1, -0.05) is 12.1 Å². The largest absolute Gasteiger partial charge is 0.504 e. The van der Waals surface area contributed by atoms with Crippen LogP contribution in [0.25, 0.3) is 11.1 Å². The molecule has 0 fully saturated rings. The maximum Gasteiger partial charge on any atom is 0.416 e. The molecular weight excluding hydrogens is 278 g/mol. The van der Waals surface area contributed by atoms with Gasteiger partial charge >= 0.3 is 6.18 Å². The van der Waals surface area contributed by atoms with Gasteiger partial charge in [-0.15, -0.1) is 0 Å². The van der Waals surface area contributed by atoms with Crippen molar-refractivity contribution in [2.24, 2.45) is 0 Å². The van der Waals surface area contributed by atoms with Gasteiger partial charge in [0, 0.05) is 7.05 Å². The van der Waals surface area contributed by atoms with Gasteiger partial charge in [0.05, 0.1) is 11.1 Å². The van der Waals surface area contributed by atoms with Crippen LogP contribution in [0.15, 0.2) is 28.7 Å². The summed E-state index contributed by atoms with van der Waals surface area (Å²) in [5.74, 6) is -0.826. The van der Waals surface area contributed by atoms with Gasteiger partial charge < -0.3 is 14.8 Å². The standard InChI is InChI=1S/C13H11F4NO2/c1-18-12-10(11(19)9(6-14)20-12)7-3-2-4-8(5-7)13(15,16)17/h2-5,18-19H,6H2,1H3. The molecule has 0 spiro atoms. The normalized spacial score (nSPS) is 11.7. The fourth-order valence-electron chi connectivity index (χ4n) is 1.85. The van der Waals surface area contributed by atoms with Crippen LogP contribution in [0, 0.1) is 0 Å². The summed E-state index contributed by atoms with van der Waals surface area (Å²) >= 11 is 0. The van der Waals surface area contributed by atoms with E-state index < -0.39 is 24.2 Å². The minimum atomic E-state index is -4.50. The molecule has 1 aromatic heterocycles. The Labute approximate surface area is 111 Å². The monoisotopic (exact) mass is 289 g/mol. The number of furan rings is 1. The number of rotatable bonds is 3. The Hall–Kier alpha value is -2.18. The Kier molecular flexibility index (Phi) is 3.61. The fourth-order valence-corrected chi connectivity index (χ4v) is 1.85. The van der Waals surface area contributed by atoms with E-state index in [1.54, 1.807) is 0 Å². The molecule has 0 bridgehead atoms. The minimum absolute atomic E-state index is 0.00579. The second kappa shape index (κ2) is 5.07. The van der Waals surface area contributed by atoms with Crippen molar-refractivity contribution < 1.29 is 27.1 Å². The lowest BCUT2D eigenvalue weighted by Gasteiger charge is -2.09. The molecular formula is C13H11F4NO2. The van der Waals surface area contributed by atoms with Crippen molar-refractivity contribution in [2.45, 2.75) is 12.9 Å². The summed E-state index contributed by atoms with van der Waals surface area (Å²) in [5, 5.41) is 12.4. The van der Waals surface area contributed by atoms with Gasteiger partial charge in [-0.25, -0.2) is 4.39 Å². The molecule has 2 aromatic rings. The van der Waals surface area contributed by atoms with Crippen LogP contribution in [0.2, 0.25) is 0 Å². The summed E-state index contributed by atoms with van der Waals surface area (Å²) in [6.07, 6.45) is -4.50. The van der Waals surface area contributed by atoms with E-state index in [1.165, 1.54) is 19.2 Å². The van der Waals surface area contributed by atoms with Gasteiger partial charge in [-0.05, 0) is 17.7 Å². The molecule has 3 nitrogen and oxygen atoms in total. The molecule has 0 aliphatic carbocycles. The Morgan fingerprint density at radius 3 is 2.55 bits per heavy atom. The lowest BCUT2D eigenvalue weighted by Crippen LogP contribution is -2.04. The molecule has 0 amide bonds. The first kappa shape index (κ1) is 14.2. The summed E-state index contributed by atoms with van der Waals surface area (Å²) in [6.45, 7) is -1.06. The fraction of sp³-hybridized carbons (Fsp3) is 0.231. The lowest BCUT2D eigenvalue weighted by atomic mass is 10.0. The molecule has 0 radical (unpaired) electrons. The first-order valence-corrected chi connectivity index (χ1v) is 5.64. The van der Waals surface area contributed by atoms with Gasteiger partial charge in [-0.2, -0.15) is 13.2 Å². The molecule has 2 N–H and O–H groups in total. The molecule has 0 saturated carbocycles. The van der Waals surface area contributed by atoms with Gasteiger partial charge in [0.15, 0.2) is 18.2 Å². The van der Waals surface area contributed by atoms with E-state index in [0.717, 1.165) is 12.1 Å². The molecule has 1 heterocycles. The zero-order chi connectivity index (χ0) is 14.9. The van der Waals surface area contributed by atoms with Crippen molar-refractivity contribution >= 4 is 5.88 Å². The molecule has 0 unspecified atom stereocenters. The van der Waals surface area contributed by atoms with Gasteiger partial charge in [0.1, 0.15) is 0 Å². The Morgan fingerprint density at radius 2 is 2.00 bits per heavy atom. The third kappa shape index (κ3) is 2.43. The topological polar surface area (TPSA) is 45.4 Å². The zero-order valence-electron chi connectivity index (χ0n) is 10.4. The van der Waals surface area contributed by atoms with E-state index in [4.69, 9.17) is 4.42 Å². The molecule has 7 heteroatoms. The number of nitrogens with one attached hydrogen (secondary N) is 1. The second-order valence-electron chi connectivity index (χ2n) is 4.04. The number of hydrogen-bond donors (Lipinski definition) is 2. The van der Waals surface area contributed by atoms with Gasteiger partial charge in [0.2, 0.25) is 5.88 Å². The molecule has 0 aliphatic heterocycles. The smallest absolute Gasteiger partial charge is 0.416 e. The van der Waals surface area contributed by atoms with Crippen molar-refractivity contribution in [2.75, 3.05) is 12.4 Å². The average molecular weight is 289 g/mol. The molecule has 0 aliphatic rings. The number of anilines is 1. The van der Waals surface area contributed by atoms with E-state index >= 15 is 0 Å². The third-order valence-corrected chi connectivity index (χ3v) is 2.78. The van der Waals surface area contributed by atoms with E-state index in [0.29, 0.717) is 0 Å². The first-order chi connectivity index (χ1) is 9.38. The molecule has 108 valence electrons. The molecule has 2 rings (SSSR count). The summed E-state index contributed by atoms with van der Waals surface area (Å²) in [5.41, 5.74) is -0.768. The number of hydrogen-bond acceptors (Lipinski definition) is 3. The first-order valence-electron chi connectivity index (χ1n) is 5.64. The number of aromatic hydroxyl groups is 1. The second-order valence-corrected chi connectivity index (χ2v) is 4.04. The highest BCUT2D eigenvalue weighted by Gasteiger charge is 2.31. The number of alkyl halides is 4. The van der Waals surface area contributed by atoms with E-state index in [1.807, 2.05) is 0 Å². The average Bonchev–Trinajstić information content (AvgIpc) is 2.74. The van der Waals surface area contributed by atoms with Crippen LogP contribution in [0.4, 0.5) is 23.4 Å². The Bertz CT molecular complexity index is 619. The maximum absolute atomic E-state index is 12.7. The number of benzene rings is 1. The van der Waals surface area contributed by atoms with Crippen LogP contribution < -0.4 is 5.32 Å². The van der Waals surface area contributed by atoms with Crippen LogP contribution in [-0.4, -0.2) is 12.2 Å². The van der Waals surface area contributed by atoms with E-state index in [2.05, 4.69) is 5.32 Å². The van der Waals surface area contributed by atoms with Crippen LogP contribution in [-0.2, 0) is 12.9 Å². The summed E-state index contributed by atoms with van der Waals surface area (Å²) in [7, 11) is 1.46. The van der Waals surface area contributed by atoms with Crippen molar-refractivity contribution in [1.29, 1.82) is 0 Å². The summed E-state index contributed by atoms with van der Waals surface area (Å²) in [4.78, 5) is 0. The summed E-state index contributed by atoms with van der Waals surface area (Å²) in [6, 6.07) is 4.37. The maximum atomic E-state index is 12.7. The highest BCUT2D eigenvalue weighted by atomic mass is 19.4. The van der Waals surface area contributed by atoms with Crippen molar-refractivity contribution in [3.63, 3.8) is 0 Å². The minimum Gasteiger partial charge on any atom is -0.504 e. The summed E-state index contributed by atoms with van der Waals surface area (Å²) < 4.78 is 55.7. The van der Waals surface area contributed by atoms with E-state index in [-0.39, 0.29) is 22.8 Å². The van der Waals surface area contributed by atoms with Crippen molar-refractivity contribution in [3.8, 4) is 16.9 Å². The predicted octanol–water partition coefficient (Wildman–Crippen LogP) is 4.18. The van der Waals surface area contributed by atoms with Gasteiger partial charge in [0.25, 0.3) is 0 Å².